The number of urea groups is 1. The monoisotopic (exact) mass is 245 g/mol. The summed E-state index contributed by atoms with van der Waals surface area (Å²) in [5.41, 5.74) is 0.838. The van der Waals surface area contributed by atoms with Gasteiger partial charge in [-0.05, 0) is 26.0 Å². The van der Waals surface area contributed by atoms with Crippen molar-refractivity contribution in [3.05, 3.63) is 30.3 Å². The number of carbonyl (C=O) groups excluding carboxylic acids is 1. The van der Waals surface area contributed by atoms with Gasteiger partial charge in [0.15, 0.2) is 0 Å². The minimum atomic E-state index is -0.0403. The summed E-state index contributed by atoms with van der Waals surface area (Å²) >= 11 is 0. The van der Waals surface area contributed by atoms with Crippen LogP contribution in [0.25, 0.3) is 0 Å². The van der Waals surface area contributed by atoms with Gasteiger partial charge < -0.3 is 4.90 Å². The zero-order chi connectivity index (χ0) is 13.4. The number of anilines is 1. The van der Waals surface area contributed by atoms with E-state index in [1.165, 1.54) is 0 Å². The molecule has 0 bridgehead atoms. The molecule has 0 N–H and O–H groups in total. The molecule has 0 unspecified atom stereocenters. The lowest BCUT2D eigenvalue weighted by molar-refractivity contribution is 0.210. The van der Waals surface area contributed by atoms with Crippen LogP contribution < -0.4 is 4.90 Å². The van der Waals surface area contributed by atoms with Crippen LogP contribution in [0.2, 0.25) is 0 Å². The van der Waals surface area contributed by atoms with Gasteiger partial charge in [0.1, 0.15) is 0 Å². The largest absolute Gasteiger partial charge is 0.325 e. The van der Waals surface area contributed by atoms with E-state index in [0.29, 0.717) is 26.1 Å². The molecule has 0 fully saturated rings. The third-order valence-electron chi connectivity index (χ3n) is 2.78. The van der Waals surface area contributed by atoms with Crippen molar-refractivity contribution in [2.75, 3.05) is 24.5 Å². The Morgan fingerprint density at radius 1 is 1.22 bits per heavy atom. The number of hydrogen-bond donors (Lipinski definition) is 0. The fraction of sp³-hybridized carbons (Fsp3) is 0.429. The highest BCUT2D eigenvalue weighted by Crippen LogP contribution is 2.15. The second-order valence-electron chi connectivity index (χ2n) is 3.85. The first kappa shape index (κ1) is 14.0. The molecule has 0 heterocycles. The standard InChI is InChI=1S/C14H19N3O/c1-3-16(4-2)14(18)17(12-8-11-15)13-9-6-5-7-10-13/h5-7,9-10H,3-4,8,12H2,1-2H3. The van der Waals surface area contributed by atoms with Crippen LogP contribution in [0, 0.1) is 11.3 Å². The molecule has 0 saturated carbocycles. The summed E-state index contributed by atoms with van der Waals surface area (Å²) < 4.78 is 0. The van der Waals surface area contributed by atoms with Gasteiger partial charge in [-0.1, -0.05) is 18.2 Å². The van der Waals surface area contributed by atoms with Gasteiger partial charge in [0.25, 0.3) is 0 Å². The van der Waals surface area contributed by atoms with Gasteiger partial charge in [0.05, 0.1) is 12.5 Å². The Labute approximate surface area is 108 Å². The first-order valence-electron chi connectivity index (χ1n) is 6.23. The van der Waals surface area contributed by atoms with Crippen molar-refractivity contribution in [3.8, 4) is 6.07 Å². The number of benzene rings is 1. The molecule has 1 rings (SSSR count). The zero-order valence-corrected chi connectivity index (χ0v) is 11.0. The van der Waals surface area contributed by atoms with Gasteiger partial charge in [-0.2, -0.15) is 5.26 Å². The van der Waals surface area contributed by atoms with Crippen LogP contribution in [-0.4, -0.2) is 30.6 Å². The van der Waals surface area contributed by atoms with Crippen LogP contribution in [0.15, 0.2) is 30.3 Å². The molecule has 4 heteroatoms. The highest BCUT2D eigenvalue weighted by molar-refractivity contribution is 5.92. The number of carbonyl (C=O) groups is 1. The molecule has 2 amide bonds. The highest BCUT2D eigenvalue weighted by Gasteiger charge is 2.19. The van der Waals surface area contributed by atoms with E-state index in [0.717, 1.165) is 5.69 Å². The van der Waals surface area contributed by atoms with E-state index in [1.807, 2.05) is 44.2 Å². The predicted molar refractivity (Wildman–Crippen MR) is 72.3 cm³/mol. The minimum absolute atomic E-state index is 0.0403. The molecule has 4 nitrogen and oxygen atoms in total. The van der Waals surface area contributed by atoms with Gasteiger partial charge in [0, 0.05) is 25.3 Å². The Kier molecular flexibility index (Phi) is 5.72. The summed E-state index contributed by atoms with van der Waals surface area (Å²) in [6, 6.07) is 11.5. The molecule has 0 radical (unpaired) electrons. The van der Waals surface area contributed by atoms with Crippen molar-refractivity contribution in [3.63, 3.8) is 0 Å². The lowest BCUT2D eigenvalue weighted by atomic mass is 10.2. The van der Waals surface area contributed by atoms with Crippen LogP contribution in [0.4, 0.5) is 10.5 Å². The van der Waals surface area contributed by atoms with E-state index in [9.17, 15) is 4.79 Å². The molecular formula is C14H19N3O. The Bertz CT molecular complexity index is 407. The molecule has 1 aromatic carbocycles. The van der Waals surface area contributed by atoms with Crippen LogP contribution in [-0.2, 0) is 0 Å². The minimum Gasteiger partial charge on any atom is -0.325 e. The second-order valence-corrected chi connectivity index (χ2v) is 3.85. The normalized spacial score (nSPS) is 9.61. The smallest absolute Gasteiger partial charge is 0.324 e. The SMILES string of the molecule is CCN(CC)C(=O)N(CCC#N)c1ccccc1. The summed E-state index contributed by atoms with van der Waals surface area (Å²) in [5.74, 6) is 0. The van der Waals surface area contributed by atoms with E-state index in [-0.39, 0.29) is 6.03 Å². The lowest BCUT2D eigenvalue weighted by Crippen LogP contribution is -2.43. The predicted octanol–water partition coefficient (Wildman–Crippen LogP) is 2.87. The van der Waals surface area contributed by atoms with E-state index in [1.54, 1.807) is 9.80 Å². The number of rotatable bonds is 5. The quantitative estimate of drug-likeness (QED) is 0.800. The van der Waals surface area contributed by atoms with Crippen LogP contribution >= 0.6 is 0 Å². The molecule has 0 aliphatic carbocycles. The Balaban J connectivity index is 2.92. The van der Waals surface area contributed by atoms with Crippen molar-refractivity contribution in [1.29, 1.82) is 5.26 Å². The lowest BCUT2D eigenvalue weighted by Gasteiger charge is -2.28. The molecule has 0 aromatic heterocycles. The van der Waals surface area contributed by atoms with E-state index in [2.05, 4.69) is 6.07 Å². The maximum absolute atomic E-state index is 12.4. The van der Waals surface area contributed by atoms with Crippen LogP contribution in [0.1, 0.15) is 20.3 Å². The fourth-order valence-corrected chi connectivity index (χ4v) is 1.77. The first-order chi connectivity index (χ1) is 8.74. The summed E-state index contributed by atoms with van der Waals surface area (Å²) in [7, 11) is 0. The zero-order valence-electron chi connectivity index (χ0n) is 11.0. The van der Waals surface area contributed by atoms with Gasteiger partial charge in [-0.25, -0.2) is 4.79 Å². The van der Waals surface area contributed by atoms with Crippen molar-refractivity contribution in [2.24, 2.45) is 0 Å². The van der Waals surface area contributed by atoms with Crippen molar-refractivity contribution in [2.45, 2.75) is 20.3 Å². The maximum atomic E-state index is 12.4. The van der Waals surface area contributed by atoms with E-state index < -0.39 is 0 Å². The number of nitrogens with zero attached hydrogens (tertiary/aromatic N) is 3. The third-order valence-corrected chi connectivity index (χ3v) is 2.78. The van der Waals surface area contributed by atoms with Gasteiger partial charge in [-0.15, -0.1) is 0 Å². The molecule has 0 aliphatic rings. The average Bonchev–Trinajstić information content (AvgIpc) is 2.42. The molecule has 0 saturated heterocycles. The maximum Gasteiger partial charge on any atom is 0.324 e. The summed E-state index contributed by atoms with van der Waals surface area (Å²) in [5, 5.41) is 8.70. The number of nitriles is 1. The molecule has 0 spiro atoms. The van der Waals surface area contributed by atoms with E-state index >= 15 is 0 Å². The average molecular weight is 245 g/mol. The Morgan fingerprint density at radius 2 is 1.83 bits per heavy atom. The molecule has 18 heavy (non-hydrogen) atoms. The summed E-state index contributed by atoms with van der Waals surface area (Å²) in [4.78, 5) is 15.8. The summed E-state index contributed by atoms with van der Waals surface area (Å²) in [6.07, 6.45) is 0.335. The van der Waals surface area contributed by atoms with Crippen LogP contribution in [0.5, 0.6) is 0 Å². The second kappa shape index (κ2) is 7.33. The van der Waals surface area contributed by atoms with Crippen LogP contribution in [0.3, 0.4) is 0 Å². The van der Waals surface area contributed by atoms with Gasteiger partial charge in [0.2, 0.25) is 0 Å². The topological polar surface area (TPSA) is 47.3 Å². The molecule has 96 valence electrons. The highest BCUT2D eigenvalue weighted by atomic mass is 16.2. The first-order valence-corrected chi connectivity index (χ1v) is 6.23. The number of amides is 2. The number of para-hydroxylation sites is 1. The van der Waals surface area contributed by atoms with Crippen molar-refractivity contribution < 1.29 is 4.79 Å². The molecule has 1 aromatic rings. The van der Waals surface area contributed by atoms with E-state index in [4.69, 9.17) is 5.26 Å². The van der Waals surface area contributed by atoms with Gasteiger partial charge in [-0.3, -0.25) is 4.90 Å². The fourth-order valence-electron chi connectivity index (χ4n) is 1.77. The molecule has 0 atom stereocenters. The Hall–Kier alpha value is -2.02. The number of hydrogen-bond acceptors (Lipinski definition) is 2. The van der Waals surface area contributed by atoms with Crippen molar-refractivity contribution in [1.82, 2.24) is 4.90 Å². The third kappa shape index (κ3) is 3.49. The molecule has 0 aliphatic heterocycles. The molecular weight excluding hydrogens is 226 g/mol. The van der Waals surface area contributed by atoms with Crippen molar-refractivity contribution >= 4 is 11.7 Å². The van der Waals surface area contributed by atoms with Gasteiger partial charge >= 0.3 is 6.03 Å². The Morgan fingerprint density at radius 3 is 2.33 bits per heavy atom. The summed E-state index contributed by atoms with van der Waals surface area (Å²) in [6.45, 7) is 5.68.